The van der Waals surface area contributed by atoms with E-state index < -0.39 is 0 Å². The monoisotopic (exact) mass is 470 g/mol. The third-order valence-corrected chi connectivity index (χ3v) is 5.56. The van der Waals surface area contributed by atoms with Crippen LogP contribution in [0.4, 0.5) is 5.82 Å². The highest BCUT2D eigenvalue weighted by molar-refractivity contribution is 6.28. The lowest BCUT2D eigenvalue weighted by atomic mass is 10.0. The van der Waals surface area contributed by atoms with Crippen LogP contribution < -0.4 is 19.1 Å². The Morgan fingerprint density at radius 1 is 1.09 bits per heavy atom. The first-order chi connectivity index (χ1) is 16.0. The van der Waals surface area contributed by atoms with Crippen LogP contribution in [-0.4, -0.2) is 67.2 Å². The van der Waals surface area contributed by atoms with Gasteiger partial charge in [-0.25, -0.2) is 4.98 Å². The van der Waals surface area contributed by atoms with Gasteiger partial charge >= 0.3 is 0 Å². The molecule has 0 unspecified atom stereocenters. The number of aryl methyl sites for hydroxylation is 1. The van der Waals surface area contributed by atoms with Crippen molar-refractivity contribution in [1.82, 2.24) is 19.5 Å². The third-order valence-electron chi connectivity index (χ3n) is 5.39. The maximum atomic E-state index is 9.92. The molecule has 1 saturated heterocycles. The van der Waals surface area contributed by atoms with Gasteiger partial charge < -0.3 is 28.4 Å². The average Bonchev–Trinajstić information content (AvgIpc) is 3.16. The van der Waals surface area contributed by atoms with Crippen molar-refractivity contribution < 1.29 is 18.9 Å². The smallest absolute Gasteiger partial charge is 0.226 e. The predicted molar refractivity (Wildman–Crippen MR) is 124 cm³/mol. The number of aromatic nitrogens is 4. The number of halogens is 1. The normalized spacial score (nSPS) is 14.3. The second-order valence-corrected chi connectivity index (χ2v) is 7.54. The van der Waals surface area contributed by atoms with Gasteiger partial charge in [0.15, 0.2) is 28.5 Å². The van der Waals surface area contributed by atoms with E-state index in [0.29, 0.717) is 77.5 Å². The second kappa shape index (κ2) is 9.52. The Kier molecular flexibility index (Phi) is 6.53. The number of methoxy groups -OCH3 is 3. The largest absolute Gasteiger partial charge is 0.493 e. The molecule has 172 valence electrons. The fourth-order valence-corrected chi connectivity index (χ4v) is 3.87. The summed E-state index contributed by atoms with van der Waals surface area (Å²) in [6, 6.07) is 5.67. The Balaban J connectivity index is 1.84. The molecule has 33 heavy (non-hydrogen) atoms. The molecular weight excluding hydrogens is 448 g/mol. The zero-order valence-corrected chi connectivity index (χ0v) is 19.5. The summed E-state index contributed by atoms with van der Waals surface area (Å²) in [5, 5.41) is 10.1. The molecule has 0 atom stereocenters. The van der Waals surface area contributed by atoms with Crippen molar-refractivity contribution >= 4 is 40.2 Å². The van der Waals surface area contributed by atoms with Gasteiger partial charge in [-0.05, 0) is 35.4 Å². The molecule has 0 amide bonds. The van der Waals surface area contributed by atoms with E-state index in [1.807, 2.05) is 7.05 Å². The Morgan fingerprint density at radius 2 is 1.76 bits per heavy atom. The number of allylic oxidation sites excluding steroid dienone is 1. The fourth-order valence-electron chi connectivity index (χ4n) is 3.71. The van der Waals surface area contributed by atoms with Gasteiger partial charge in [0.2, 0.25) is 11.0 Å². The summed E-state index contributed by atoms with van der Waals surface area (Å²) in [6.45, 7) is 2.56. The van der Waals surface area contributed by atoms with E-state index in [4.69, 9.17) is 35.5 Å². The first-order valence-corrected chi connectivity index (χ1v) is 10.5. The molecule has 0 spiro atoms. The van der Waals surface area contributed by atoms with Crippen LogP contribution >= 0.6 is 11.6 Å². The number of anilines is 1. The summed E-state index contributed by atoms with van der Waals surface area (Å²) in [5.74, 6) is 2.52. The van der Waals surface area contributed by atoms with Crippen molar-refractivity contribution in [2.75, 3.05) is 52.5 Å². The minimum Gasteiger partial charge on any atom is -0.493 e. The van der Waals surface area contributed by atoms with Crippen LogP contribution in [-0.2, 0) is 11.8 Å². The van der Waals surface area contributed by atoms with Crippen molar-refractivity contribution in [2.45, 2.75) is 0 Å². The van der Waals surface area contributed by atoms with Gasteiger partial charge in [-0.3, -0.25) is 0 Å². The van der Waals surface area contributed by atoms with Gasteiger partial charge in [0.05, 0.1) is 46.2 Å². The zero-order valence-electron chi connectivity index (χ0n) is 18.8. The number of rotatable bonds is 6. The first kappa shape index (κ1) is 22.6. The number of ether oxygens (including phenoxy) is 4. The van der Waals surface area contributed by atoms with Gasteiger partial charge in [0, 0.05) is 20.1 Å². The highest BCUT2D eigenvalue weighted by atomic mass is 35.5. The summed E-state index contributed by atoms with van der Waals surface area (Å²) in [5.41, 5.74) is 2.14. The summed E-state index contributed by atoms with van der Waals surface area (Å²) in [7, 11) is 6.40. The van der Waals surface area contributed by atoms with E-state index in [9.17, 15) is 5.26 Å². The SMILES string of the molecule is COc1cc(/C(C#N)=C/c2nc3c(N4CCOCC4)nc(Cl)nc3n2C)cc(OC)c1OC. The zero-order chi connectivity index (χ0) is 23.5. The van der Waals surface area contributed by atoms with Crippen LogP contribution in [0.5, 0.6) is 17.2 Å². The number of imidazole rings is 1. The number of benzene rings is 1. The van der Waals surface area contributed by atoms with E-state index in [-0.39, 0.29) is 5.28 Å². The van der Waals surface area contributed by atoms with Gasteiger partial charge in [0.25, 0.3) is 0 Å². The molecule has 0 radical (unpaired) electrons. The Labute approximate surface area is 195 Å². The van der Waals surface area contributed by atoms with Crippen LogP contribution in [0.2, 0.25) is 5.28 Å². The predicted octanol–water partition coefficient (Wildman–Crippen LogP) is 2.94. The van der Waals surface area contributed by atoms with Gasteiger partial charge in [-0.2, -0.15) is 15.2 Å². The summed E-state index contributed by atoms with van der Waals surface area (Å²) < 4.78 is 23.4. The Bertz CT molecular complexity index is 1230. The molecule has 3 heterocycles. The van der Waals surface area contributed by atoms with Gasteiger partial charge in [-0.15, -0.1) is 0 Å². The molecule has 1 aliphatic heterocycles. The topological polar surface area (TPSA) is 108 Å². The van der Waals surface area contributed by atoms with E-state index in [0.717, 1.165) is 0 Å². The second-order valence-electron chi connectivity index (χ2n) is 7.20. The van der Waals surface area contributed by atoms with Gasteiger partial charge in [-0.1, -0.05) is 0 Å². The first-order valence-electron chi connectivity index (χ1n) is 10.2. The summed E-state index contributed by atoms with van der Waals surface area (Å²) in [4.78, 5) is 15.6. The van der Waals surface area contributed by atoms with Crippen molar-refractivity contribution in [3.8, 4) is 23.3 Å². The summed E-state index contributed by atoms with van der Waals surface area (Å²) >= 11 is 6.22. The van der Waals surface area contributed by atoms with E-state index in [2.05, 4.69) is 20.9 Å². The minimum atomic E-state index is 0.132. The fraction of sp³-hybridized carbons (Fsp3) is 0.364. The maximum absolute atomic E-state index is 9.92. The molecule has 11 heteroatoms. The number of nitriles is 1. The lowest BCUT2D eigenvalue weighted by Crippen LogP contribution is -2.37. The van der Waals surface area contributed by atoms with E-state index in [1.165, 1.54) is 21.3 Å². The van der Waals surface area contributed by atoms with Crippen LogP contribution in [0.15, 0.2) is 12.1 Å². The third kappa shape index (κ3) is 4.25. The molecule has 2 aromatic heterocycles. The van der Waals surface area contributed by atoms with Crippen LogP contribution in [0.3, 0.4) is 0 Å². The van der Waals surface area contributed by atoms with Crippen LogP contribution in [0.1, 0.15) is 11.4 Å². The molecule has 0 aliphatic carbocycles. The highest BCUT2D eigenvalue weighted by Crippen LogP contribution is 2.40. The molecular formula is C22H23ClN6O4. The average molecular weight is 471 g/mol. The molecule has 3 aromatic rings. The Hall–Kier alpha value is -3.55. The molecule has 0 N–H and O–H groups in total. The minimum absolute atomic E-state index is 0.132. The number of hydrogen-bond donors (Lipinski definition) is 0. The highest BCUT2D eigenvalue weighted by Gasteiger charge is 2.22. The van der Waals surface area contributed by atoms with Crippen molar-refractivity contribution in [1.29, 1.82) is 5.26 Å². The lowest BCUT2D eigenvalue weighted by Gasteiger charge is -2.27. The summed E-state index contributed by atoms with van der Waals surface area (Å²) in [6.07, 6.45) is 1.68. The number of morpholine rings is 1. The quantitative estimate of drug-likeness (QED) is 0.396. The number of hydrogen-bond acceptors (Lipinski definition) is 9. The molecule has 0 saturated carbocycles. The van der Waals surface area contributed by atoms with E-state index >= 15 is 0 Å². The Morgan fingerprint density at radius 3 is 2.33 bits per heavy atom. The molecule has 1 aliphatic rings. The molecule has 1 fully saturated rings. The standard InChI is InChI=1S/C22H23ClN6O4/c1-28-17(11-14(12-24)13-9-15(30-2)19(32-4)16(10-13)31-3)25-18-20(28)26-22(23)27-21(18)29-5-7-33-8-6-29/h9-11H,5-8H2,1-4H3/b14-11+. The van der Waals surface area contributed by atoms with Gasteiger partial charge in [0.1, 0.15) is 5.82 Å². The maximum Gasteiger partial charge on any atom is 0.226 e. The molecule has 0 bridgehead atoms. The van der Waals surface area contributed by atoms with Crippen molar-refractivity contribution in [3.63, 3.8) is 0 Å². The molecule has 1 aromatic carbocycles. The number of fused-ring (bicyclic) bond motifs is 1. The molecule has 10 nitrogen and oxygen atoms in total. The van der Waals surface area contributed by atoms with Crippen molar-refractivity contribution in [2.24, 2.45) is 7.05 Å². The van der Waals surface area contributed by atoms with Crippen LogP contribution in [0.25, 0.3) is 22.8 Å². The number of nitrogens with zero attached hydrogens (tertiary/aromatic N) is 6. The van der Waals surface area contributed by atoms with Crippen molar-refractivity contribution in [3.05, 3.63) is 28.8 Å². The van der Waals surface area contributed by atoms with Crippen LogP contribution in [0, 0.1) is 11.3 Å². The lowest BCUT2D eigenvalue weighted by molar-refractivity contribution is 0.122. The molecule has 4 rings (SSSR count). The van der Waals surface area contributed by atoms with E-state index in [1.54, 1.807) is 22.8 Å².